The molecule has 1 aromatic heterocycles. The number of nitrogens with one attached hydrogen (secondary N) is 2. The minimum absolute atomic E-state index is 0.138. The second-order valence-electron chi connectivity index (χ2n) is 3.18. The lowest BCUT2D eigenvalue weighted by Crippen LogP contribution is -2.29. The van der Waals surface area contributed by atoms with Gasteiger partial charge in [0.05, 0.1) is 18.4 Å². The quantitative estimate of drug-likeness (QED) is 0.537. The van der Waals surface area contributed by atoms with Crippen molar-refractivity contribution in [3.05, 3.63) is 17.5 Å². The van der Waals surface area contributed by atoms with Crippen LogP contribution in [-0.2, 0) is 9.53 Å². The van der Waals surface area contributed by atoms with E-state index in [1.54, 1.807) is 6.92 Å². The Labute approximate surface area is 92.3 Å². The summed E-state index contributed by atoms with van der Waals surface area (Å²) >= 11 is 0. The van der Waals surface area contributed by atoms with Gasteiger partial charge in [-0.1, -0.05) is 0 Å². The average molecular weight is 226 g/mol. The highest BCUT2D eigenvalue weighted by Crippen LogP contribution is 2.01. The van der Waals surface area contributed by atoms with Gasteiger partial charge in [-0.25, -0.2) is 0 Å². The van der Waals surface area contributed by atoms with Crippen molar-refractivity contribution >= 4 is 11.8 Å². The molecule has 0 bridgehead atoms. The Morgan fingerprint density at radius 3 is 2.94 bits per heavy atom. The van der Waals surface area contributed by atoms with E-state index >= 15 is 0 Å². The molecule has 7 nitrogen and oxygen atoms in total. The molecule has 4 N–H and O–H groups in total. The summed E-state index contributed by atoms with van der Waals surface area (Å²) in [5.41, 5.74) is 6.07. The van der Waals surface area contributed by atoms with E-state index < -0.39 is 5.91 Å². The minimum atomic E-state index is -0.531. The summed E-state index contributed by atoms with van der Waals surface area (Å²) in [7, 11) is 0. The Morgan fingerprint density at radius 1 is 1.62 bits per heavy atom. The fraction of sp³-hybridized carbons (Fsp3) is 0.444. The molecule has 16 heavy (non-hydrogen) atoms. The first-order valence-corrected chi connectivity index (χ1v) is 4.75. The van der Waals surface area contributed by atoms with Crippen LogP contribution in [0.4, 0.5) is 0 Å². The molecule has 0 spiro atoms. The van der Waals surface area contributed by atoms with Gasteiger partial charge >= 0.3 is 0 Å². The number of aryl methyl sites for hydroxylation is 1. The van der Waals surface area contributed by atoms with Crippen LogP contribution in [0.3, 0.4) is 0 Å². The topological polar surface area (TPSA) is 110 Å². The van der Waals surface area contributed by atoms with E-state index in [4.69, 9.17) is 10.5 Å². The summed E-state index contributed by atoms with van der Waals surface area (Å²) < 4.78 is 4.88. The van der Waals surface area contributed by atoms with Gasteiger partial charge in [-0.3, -0.25) is 14.7 Å². The Bertz CT molecular complexity index is 375. The van der Waals surface area contributed by atoms with Crippen molar-refractivity contribution in [1.82, 2.24) is 15.5 Å². The van der Waals surface area contributed by atoms with Crippen LogP contribution in [0.5, 0.6) is 0 Å². The maximum Gasteiger partial charge on any atom is 0.254 e. The largest absolute Gasteiger partial charge is 0.370 e. The molecule has 1 heterocycles. The Kier molecular flexibility index (Phi) is 4.46. The smallest absolute Gasteiger partial charge is 0.254 e. The van der Waals surface area contributed by atoms with Crippen molar-refractivity contribution in [2.24, 2.45) is 5.73 Å². The normalized spacial score (nSPS) is 10.1. The number of hydrogen-bond acceptors (Lipinski definition) is 4. The standard InChI is InChI=1S/C9H14N4O3/c1-6-7(4-12-13-6)9(15)11-2-3-16-5-8(10)14/h4H,2-3,5H2,1H3,(H2,10,14)(H,11,15)(H,12,13). The lowest BCUT2D eigenvalue weighted by atomic mass is 10.2. The van der Waals surface area contributed by atoms with Gasteiger partial charge in [0.2, 0.25) is 5.91 Å². The van der Waals surface area contributed by atoms with E-state index in [2.05, 4.69) is 15.5 Å². The molecule has 88 valence electrons. The van der Waals surface area contributed by atoms with Gasteiger partial charge in [-0.15, -0.1) is 0 Å². The van der Waals surface area contributed by atoms with Crippen LogP contribution < -0.4 is 11.1 Å². The summed E-state index contributed by atoms with van der Waals surface area (Å²) in [5, 5.41) is 9.02. The van der Waals surface area contributed by atoms with Crippen molar-refractivity contribution in [1.29, 1.82) is 0 Å². The third-order valence-electron chi connectivity index (χ3n) is 1.85. The maximum atomic E-state index is 11.5. The molecular formula is C9H14N4O3. The molecule has 2 amide bonds. The summed E-state index contributed by atoms with van der Waals surface area (Å²) in [4.78, 5) is 21.8. The molecule has 1 aromatic rings. The van der Waals surface area contributed by atoms with E-state index in [9.17, 15) is 9.59 Å². The van der Waals surface area contributed by atoms with Crippen LogP contribution in [0.2, 0.25) is 0 Å². The number of nitrogens with two attached hydrogens (primary N) is 1. The molecule has 0 radical (unpaired) electrons. The van der Waals surface area contributed by atoms with Gasteiger partial charge in [0.1, 0.15) is 6.61 Å². The summed E-state index contributed by atoms with van der Waals surface area (Å²) in [6.45, 7) is 2.18. The van der Waals surface area contributed by atoms with E-state index in [1.807, 2.05) is 0 Å². The molecule has 7 heteroatoms. The van der Waals surface area contributed by atoms with Gasteiger partial charge in [0, 0.05) is 12.2 Å². The van der Waals surface area contributed by atoms with Gasteiger partial charge in [-0.2, -0.15) is 5.10 Å². The summed E-state index contributed by atoms with van der Waals surface area (Å²) in [6.07, 6.45) is 1.45. The van der Waals surface area contributed by atoms with Crippen molar-refractivity contribution in [2.45, 2.75) is 6.92 Å². The third-order valence-corrected chi connectivity index (χ3v) is 1.85. The van der Waals surface area contributed by atoms with Crippen LogP contribution in [0.1, 0.15) is 16.1 Å². The maximum absolute atomic E-state index is 11.5. The minimum Gasteiger partial charge on any atom is -0.370 e. The van der Waals surface area contributed by atoms with Gasteiger partial charge < -0.3 is 15.8 Å². The Morgan fingerprint density at radius 2 is 2.38 bits per heavy atom. The zero-order valence-electron chi connectivity index (χ0n) is 8.95. The number of carbonyl (C=O) groups is 2. The number of aromatic nitrogens is 2. The predicted molar refractivity (Wildman–Crippen MR) is 55.7 cm³/mol. The second kappa shape index (κ2) is 5.86. The number of hydrogen-bond donors (Lipinski definition) is 3. The van der Waals surface area contributed by atoms with Crippen LogP contribution in [-0.4, -0.2) is 41.8 Å². The summed E-state index contributed by atoms with van der Waals surface area (Å²) in [6, 6.07) is 0. The molecule has 0 saturated heterocycles. The third kappa shape index (κ3) is 3.70. The first-order chi connectivity index (χ1) is 7.61. The van der Waals surface area contributed by atoms with Gasteiger partial charge in [0.25, 0.3) is 5.91 Å². The first-order valence-electron chi connectivity index (χ1n) is 4.75. The molecule has 0 atom stereocenters. The predicted octanol–water partition coefficient (Wildman–Crippen LogP) is -1.05. The molecule has 0 fully saturated rings. The van der Waals surface area contributed by atoms with E-state index in [1.165, 1.54) is 6.20 Å². The van der Waals surface area contributed by atoms with E-state index in [0.717, 1.165) is 0 Å². The fourth-order valence-electron chi connectivity index (χ4n) is 1.08. The van der Waals surface area contributed by atoms with Crippen LogP contribution in [0.15, 0.2) is 6.20 Å². The zero-order chi connectivity index (χ0) is 12.0. The number of amides is 2. The molecule has 0 unspecified atom stereocenters. The number of carbonyl (C=O) groups excluding carboxylic acids is 2. The van der Waals surface area contributed by atoms with E-state index in [-0.39, 0.29) is 19.1 Å². The van der Waals surface area contributed by atoms with Crippen LogP contribution >= 0.6 is 0 Å². The van der Waals surface area contributed by atoms with Crippen molar-refractivity contribution in [2.75, 3.05) is 19.8 Å². The second-order valence-corrected chi connectivity index (χ2v) is 3.18. The average Bonchev–Trinajstić information content (AvgIpc) is 2.63. The molecule has 0 aliphatic carbocycles. The zero-order valence-corrected chi connectivity index (χ0v) is 8.95. The molecule has 0 aliphatic rings. The number of primary amides is 1. The Hall–Kier alpha value is -1.89. The van der Waals surface area contributed by atoms with Crippen LogP contribution in [0.25, 0.3) is 0 Å². The molecule has 0 aromatic carbocycles. The van der Waals surface area contributed by atoms with Gasteiger partial charge in [-0.05, 0) is 6.92 Å². The van der Waals surface area contributed by atoms with Crippen molar-refractivity contribution in [3.63, 3.8) is 0 Å². The molecular weight excluding hydrogens is 212 g/mol. The SMILES string of the molecule is Cc1[nH]ncc1C(=O)NCCOCC(N)=O. The van der Waals surface area contributed by atoms with Crippen LogP contribution in [0, 0.1) is 6.92 Å². The monoisotopic (exact) mass is 226 g/mol. The Balaban J connectivity index is 2.21. The van der Waals surface area contributed by atoms with Gasteiger partial charge in [0.15, 0.2) is 0 Å². The lowest BCUT2D eigenvalue weighted by Gasteiger charge is -2.04. The highest BCUT2D eigenvalue weighted by molar-refractivity contribution is 5.94. The molecule has 1 rings (SSSR count). The summed E-state index contributed by atoms with van der Waals surface area (Å²) in [5.74, 6) is -0.758. The first kappa shape index (κ1) is 12.2. The highest BCUT2D eigenvalue weighted by Gasteiger charge is 2.09. The molecule has 0 saturated carbocycles. The lowest BCUT2D eigenvalue weighted by molar-refractivity contribution is -0.122. The highest BCUT2D eigenvalue weighted by atomic mass is 16.5. The number of nitrogens with zero attached hydrogens (tertiary/aromatic N) is 1. The van der Waals surface area contributed by atoms with Crippen molar-refractivity contribution < 1.29 is 14.3 Å². The number of rotatable bonds is 6. The number of H-pyrrole nitrogens is 1. The van der Waals surface area contributed by atoms with E-state index in [0.29, 0.717) is 17.8 Å². The fourth-order valence-corrected chi connectivity index (χ4v) is 1.08. The number of ether oxygens (including phenoxy) is 1. The molecule has 0 aliphatic heterocycles. The van der Waals surface area contributed by atoms with Crippen molar-refractivity contribution in [3.8, 4) is 0 Å². The number of aromatic amines is 1.